The van der Waals surface area contributed by atoms with E-state index < -0.39 is 10.0 Å². The van der Waals surface area contributed by atoms with Gasteiger partial charge >= 0.3 is 0 Å². The zero-order valence-electron chi connectivity index (χ0n) is 15.1. The minimum Gasteiger partial charge on any atom is -0.396 e. The minimum atomic E-state index is -3.50. The molecule has 2 aromatic rings. The lowest BCUT2D eigenvalue weighted by atomic mass is 9.97. The molecule has 0 aromatic heterocycles. The molecular weight excluding hydrogens is 348 g/mol. The molecular formula is C20H26N2O3S. The van der Waals surface area contributed by atoms with E-state index in [1.165, 1.54) is 0 Å². The zero-order chi connectivity index (χ0) is 18.6. The lowest BCUT2D eigenvalue weighted by Gasteiger charge is -2.33. The number of sulfonamides is 1. The SMILES string of the molecule is Cc1ccc(S(=O)(=O)NCc2ccc(N3CCC(CO)CC3)cc2)cc1. The van der Waals surface area contributed by atoms with E-state index in [9.17, 15) is 13.5 Å². The summed E-state index contributed by atoms with van der Waals surface area (Å²) in [5, 5.41) is 9.23. The Bertz CT molecular complexity index is 809. The lowest BCUT2D eigenvalue weighted by molar-refractivity contribution is 0.203. The summed E-state index contributed by atoms with van der Waals surface area (Å²) in [5.41, 5.74) is 3.10. The quantitative estimate of drug-likeness (QED) is 0.816. The predicted octanol–water partition coefficient (Wildman–Crippen LogP) is 2.68. The van der Waals surface area contributed by atoms with E-state index in [1.54, 1.807) is 24.3 Å². The van der Waals surface area contributed by atoms with Crippen LogP contribution in [0.5, 0.6) is 0 Å². The summed E-state index contributed by atoms with van der Waals surface area (Å²) >= 11 is 0. The molecule has 1 saturated heterocycles. The number of nitrogens with zero attached hydrogens (tertiary/aromatic N) is 1. The van der Waals surface area contributed by atoms with E-state index in [0.717, 1.165) is 42.7 Å². The van der Waals surface area contributed by atoms with Gasteiger partial charge in [-0.05, 0) is 55.5 Å². The van der Waals surface area contributed by atoms with Crippen LogP contribution in [0, 0.1) is 12.8 Å². The number of aryl methyl sites for hydroxylation is 1. The van der Waals surface area contributed by atoms with Gasteiger partial charge in [-0.15, -0.1) is 0 Å². The average molecular weight is 375 g/mol. The Balaban J connectivity index is 1.58. The second-order valence-electron chi connectivity index (χ2n) is 6.92. The van der Waals surface area contributed by atoms with Crippen molar-refractivity contribution in [1.29, 1.82) is 0 Å². The van der Waals surface area contributed by atoms with Gasteiger partial charge in [-0.2, -0.15) is 0 Å². The number of anilines is 1. The summed E-state index contributed by atoms with van der Waals surface area (Å²) in [6, 6.07) is 14.8. The Morgan fingerprint density at radius 1 is 1.04 bits per heavy atom. The Hall–Kier alpha value is -1.89. The number of piperidine rings is 1. The van der Waals surface area contributed by atoms with Crippen molar-refractivity contribution in [2.24, 2.45) is 5.92 Å². The largest absolute Gasteiger partial charge is 0.396 e. The van der Waals surface area contributed by atoms with Crippen molar-refractivity contribution in [3.05, 3.63) is 59.7 Å². The van der Waals surface area contributed by atoms with Gasteiger partial charge in [-0.1, -0.05) is 29.8 Å². The van der Waals surface area contributed by atoms with Gasteiger partial charge in [0.15, 0.2) is 0 Å². The smallest absolute Gasteiger partial charge is 0.240 e. The summed E-state index contributed by atoms with van der Waals surface area (Å²) in [5.74, 6) is 0.418. The molecule has 2 N–H and O–H groups in total. The van der Waals surface area contributed by atoms with Crippen LogP contribution in [0.25, 0.3) is 0 Å². The maximum absolute atomic E-state index is 12.4. The average Bonchev–Trinajstić information content (AvgIpc) is 2.67. The van der Waals surface area contributed by atoms with Crippen LogP contribution in [0.1, 0.15) is 24.0 Å². The fraction of sp³-hybridized carbons (Fsp3) is 0.400. The van der Waals surface area contributed by atoms with Gasteiger partial charge in [0.25, 0.3) is 0 Å². The molecule has 1 aliphatic rings. The number of aliphatic hydroxyl groups is 1. The highest BCUT2D eigenvalue weighted by molar-refractivity contribution is 7.89. The molecule has 0 aliphatic carbocycles. The summed E-state index contributed by atoms with van der Waals surface area (Å²) in [6.45, 7) is 4.36. The van der Waals surface area contributed by atoms with Crippen LogP contribution >= 0.6 is 0 Å². The van der Waals surface area contributed by atoms with Crippen LogP contribution in [0.4, 0.5) is 5.69 Å². The molecule has 0 bridgehead atoms. The van der Waals surface area contributed by atoms with Crippen molar-refractivity contribution in [2.75, 3.05) is 24.6 Å². The molecule has 0 spiro atoms. The van der Waals surface area contributed by atoms with Gasteiger partial charge in [-0.25, -0.2) is 13.1 Å². The Morgan fingerprint density at radius 3 is 2.23 bits per heavy atom. The Morgan fingerprint density at radius 2 is 1.65 bits per heavy atom. The van der Waals surface area contributed by atoms with E-state index in [2.05, 4.69) is 9.62 Å². The highest BCUT2D eigenvalue weighted by Crippen LogP contribution is 2.23. The van der Waals surface area contributed by atoms with E-state index in [-0.39, 0.29) is 18.0 Å². The third-order valence-electron chi connectivity index (χ3n) is 4.97. The topological polar surface area (TPSA) is 69.6 Å². The van der Waals surface area contributed by atoms with E-state index >= 15 is 0 Å². The summed E-state index contributed by atoms with van der Waals surface area (Å²) in [7, 11) is -3.50. The first kappa shape index (κ1) is 18.9. The first-order chi connectivity index (χ1) is 12.5. The third-order valence-corrected chi connectivity index (χ3v) is 6.39. The molecule has 0 atom stereocenters. The van der Waals surface area contributed by atoms with Crippen molar-refractivity contribution < 1.29 is 13.5 Å². The molecule has 140 valence electrons. The normalized spacial score (nSPS) is 16.0. The molecule has 1 heterocycles. The molecule has 5 nitrogen and oxygen atoms in total. The van der Waals surface area contributed by atoms with Crippen molar-refractivity contribution in [1.82, 2.24) is 4.72 Å². The highest BCUT2D eigenvalue weighted by Gasteiger charge is 2.18. The molecule has 3 rings (SSSR count). The number of nitrogens with one attached hydrogen (secondary N) is 1. The Labute approximate surface area is 155 Å². The van der Waals surface area contributed by atoms with Crippen molar-refractivity contribution in [2.45, 2.75) is 31.2 Å². The lowest BCUT2D eigenvalue weighted by Crippen LogP contribution is -2.34. The van der Waals surface area contributed by atoms with Crippen LogP contribution in [-0.4, -0.2) is 33.2 Å². The van der Waals surface area contributed by atoms with Crippen LogP contribution in [-0.2, 0) is 16.6 Å². The van der Waals surface area contributed by atoms with Gasteiger partial charge in [0.05, 0.1) is 4.90 Å². The zero-order valence-corrected chi connectivity index (χ0v) is 15.9. The second kappa shape index (κ2) is 8.20. The third kappa shape index (κ3) is 4.63. The molecule has 0 unspecified atom stereocenters. The fourth-order valence-corrected chi connectivity index (χ4v) is 4.20. The van der Waals surface area contributed by atoms with Crippen LogP contribution < -0.4 is 9.62 Å². The van der Waals surface area contributed by atoms with Crippen LogP contribution in [0.3, 0.4) is 0 Å². The van der Waals surface area contributed by atoms with Gasteiger partial charge in [0.2, 0.25) is 10.0 Å². The highest BCUT2D eigenvalue weighted by atomic mass is 32.2. The van der Waals surface area contributed by atoms with Gasteiger partial charge in [0.1, 0.15) is 0 Å². The number of benzene rings is 2. The molecule has 0 amide bonds. The number of hydrogen-bond acceptors (Lipinski definition) is 4. The first-order valence-electron chi connectivity index (χ1n) is 8.99. The molecule has 26 heavy (non-hydrogen) atoms. The summed E-state index contributed by atoms with van der Waals surface area (Å²) in [6.07, 6.45) is 2.02. The van der Waals surface area contributed by atoms with Crippen LogP contribution in [0.15, 0.2) is 53.4 Å². The van der Waals surface area contributed by atoms with Crippen LogP contribution in [0.2, 0.25) is 0 Å². The second-order valence-corrected chi connectivity index (χ2v) is 8.68. The monoisotopic (exact) mass is 374 g/mol. The molecule has 0 saturated carbocycles. The maximum Gasteiger partial charge on any atom is 0.240 e. The fourth-order valence-electron chi connectivity index (χ4n) is 3.18. The molecule has 1 fully saturated rings. The maximum atomic E-state index is 12.4. The van der Waals surface area contributed by atoms with E-state index in [1.807, 2.05) is 31.2 Å². The van der Waals surface area contributed by atoms with Gasteiger partial charge < -0.3 is 10.0 Å². The number of rotatable bonds is 6. The first-order valence-corrected chi connectivity index (χ1v) is 10.5. The minimum absolute atomic E-state index is 0.267. The Kier molecular flexibility index (Phi) is 5.96. The van der Waals surface area contributed by atoms with Crippen molar-refractivity contribution in [3.63, 3.8) is 0 Å². The number of aliphatic hydroxyl groups excluding tert-OH is 1. The van der Waals surface area contributed by atoms with E-state index in [4.69, 9.17) is 0 Å². The predicted molar refractivity (Wildman–Crippen MR) is 104 cm³/mol. The molecule has 2 aromatic carbocycles. The molecule has 0 radical (unpaired) electrons. The van der Waals surface area contributed by atoms with Crippen molar-refractivity contribution in [3.8, 4) is 0 Å². The number of hydrogen-bond donors (Lipinski definition) is 2. The van der Waals surface area contributed by atoms with Gasteiger partial charge in [-0.3, -0.25) is 0 Å². The van der Waals surface area contributed by atoms with Gasteiger partial charge in [0, 0.05) is 31.9 Å². The molecule has 1 aliphatic heterocycles. The van der Waals surface area contributed by atoms with Crippen molar-refractivity contribution >= 4 is 15.7 Å². The summed E-state index contributed by atoms with van der Waals surface area (Å²) in [4.78, 5) is 2.60. The molecule has 6 heteroatoms. The summed E-state index contributed by atoms with van der Waals surface area (Å²) < 4.78 is 27.4. The van der Waals surface area contributed by atoms with E-state index in [0.29, 0.717) is 5.92 Å². The standard InChI is InChI=1S/C20H26N2O3S/c1-16-2-8-20(9-3-16)26(24,25)21-14-17-4-6-19(7-5-17)22-12-10-18(15-23)11-13-22/h2-9,18,21,23H,10-15H2,1H3.